The Morgan fingerprint density at radius 2 is 2.13 bits per heavy atom. The first-order chi connectivity index (χ1) is 14.9. The van der Waals surface area contributed by atoms with Crippen LogP contribution in [0.15, 0.2) is 47.6 Å². The number of rotatable bonds is 7. The summed E-state index contributed by atoms with van der Waals surface area (Å²) in [5.74, 6) is 1.50. The van der Waals surface area contributed by atoms with Gasteiger partial charge in [-0.05, 0) is 43.2 Å². The van der Waals surface area contributed by atoms with Crippen molar-refractivity contribution in [2.24, 2.45) is 4.99 Å². The Labute approximate surface area is 184 Å². The van der Waals surface area contributed by atoms with E-state index >= 15 is 0 Å². The summed E-state index contributed by atoms with van der Waals surface area (Å²) < 4.78 is 19.2. The normalized spacial score (nSPS) is 17.5. The van der Waals surface area contributed by atoms with Crippen molar-refractivity contribution in [3.63, 3.8) is 0 Å². The molecule has 0 saturated carbocycles. The predicted octanol–water partition coefficient (Wildman–Crippen LogP) is 3.48. The van der Waals surface area contributed by atoms with Crippen LogP contribution in [0.3, 0.4) is 0 Å². The molecule has 0 aliphatic carbocycles. The number of halogens is 1. The van der Waals surface area contributed by atoms with E-state index in [1.54, 1.807) is 12.1 Å². The third kappa shape index (κ3) is 6.66. The van der Waals surface area contributed by atoms with Gasteiger partial charge in [-0.25, -0.2) is 14.4 Å². The second-order valence-corrected chi connectivity index (χ2v) is 8.60. The van der Waals surface area contributed by atoms with Crippen LogP contribution in [0.2, 0.25) is 0 Å². The summed E-state index contributed by atoms with van der Waals surface area (Å²) in [6.07, 6.45) is 2.12. The molecule has 3 rings (SSSR count). The maximum Gasteiger partial charge on any atom is 0.191 e. The van der Waals surface area contributed by atoms with Gasteiger partial charge in [0.2, 0.25) is 0 Å². The standard InChI is InChI=1S/C24H34FN5O/c1-5-26-23(29-17-24(3,4)20-7-6-8-21(25)13-20)28-15-19-9-10-22(27-14-19)30-11-12-31-18(2)16-30/h6-10,13-14,18H,5,11-12,15-17H2,1-4H3,(H2,26,28,29). The number of hydrogen-bond donors (Lipinski definition) is 2. The van der Waals surface area contributed by atoms with Crippen LogP contribution in [0.1, 0.15) is 38.8 Å². The Morgan fingerprint density at radius 3 is 2.81 bits per heavy atom. The summed E-state index contributed by atoms with van der Waals surface area (Å²) in [4.78, 5) is 11.6. The van der Waals surface area contributed by atoms with E-state index in [4.69, 9.17) is 9.73 Å². The molecule has 168 valence electrons. The highest BCUT2D eigenvalue weighted by Crippen LogP contribution is 2.23. The van der Waals surface area contributed by atoms with Crippen molar-refractivity contribution in [3.05, 3.63) is 59.5 Å². The van der Waals surface area contributed by atoms with Crippen LogP contribution in [-0.4, -0.2) is 49.8 Å². The molecule has 7 heteroatoms. The SMILES string of the molecule is CCNC(=NCc1ccc(N2CCOC(C)C2)nc1)NCC(C)(C)c1cccc(F)c1. The van der Waals surface area contributed by atoms with Gasteiger partial charge in [0.1, 0.15) is 11.6 Å². The Kier molecular flexibility index (Phi) is 7.85. The first-order valence-electron chi connectivity index (χ1n) is 11.0. The number of morpholine rings is 1. The van der Waals surface area contributed by atoms with E-state index < -0.39 is 0 Å². The van der Waals surface area contributed by atoms with E-state index in [-0.39, 0.29) is 17.3 Å². The van der Waals surface area contributed by atoms with E-state index in [9.17, 15) is 4.39 Å². The van der Waals surface area contributed by atoms with Gasteiger partial charge in [0.25, 0.3) is 0 Å². The Hall–Kier alpha value is -2.67. The van der Waals surface area contributed by atoms with Crippen molar-refractivity contribution in [2.75, 3.05) is 37.7 Å². The van der Waals surface area contributed by atoms with Gasteiger partial charge in [0.05, 0.1) is 19.3 Å². The molecule has 1 saturated heterocycles. The zero-order valence-electron chi connectivity index (χ0n) is 19.0. The molecule has 2 aromatic rings. The van der Waals surface area contributed by atoms with Gasteiger partial charge >= 0.3 is 0 Å². The summed E-state index contributed by atoms with van der Waals surface area (Å²) in [5.41, 5.74) is 1.76. The Balaban J connectivity index is 1.60. The molecule has 1 atom stereocenters. The van der Waals surface area contributed by atoms with Gasteiger partial charge in [0, 0.05) is 37.8 Å². The number of aromatic nitrogens is 1. The smallest absolute Gasteiger partial charge is 0.191 e. The molecule has 1 unspecified atom stereocenters. The number of nitrogens with zero attached hydrogens (tertiary/aromatic N) is 3. The minimum absolute atomic E-state index is 0.214. The molecule has 2 heterocycles. The van der Waals surface area contributed by atoms with Crippen LogP contribution in [0, 0.1) is 5.82 Å². The van der Waals surface area contributed by atoms with Crippen LogP contribution < -0.4 is 15.5 Å². The summed E-state index contributed by atoms with van der Waals surface area (Å²) in [6, 6.07) is 10.9. The number of aliphatic imine (C=N–C) groups is 1. The molecule has 1 aromatic carbocycles. The third-order valence-electron chi connectivity index (χ3n) is 5.44. The van der Waals surface area contributed by atoms with Gasteiger partial charge in [-0.3, -0.25) is 0 Å². The van der Waals surface area contributed by atoms with Crippen LogP contribution in [0.5, 0.6) is 0 Å². The number of anilines is 1. The molecule has 1 aliphatic heterocycles. The Bertz CT molecular complexity index is 869. The Morgan fingerprint density at radius 1 is 1.29 bits per heavy atom. The van der Waals surface area contributed by atoms with Gasteiger partial charge in [-0.2, -0.15) is 0 Å². The van der Waals surface area contributed by atoms with E-state index in [0.717, 1.165) is 49.1 Å². The van der Waals surface area contributed by atoms with Gasteiger partial charge in [-0.15, -0.1) is 0 Å². The van der Waals surface area contributed by atoms with Crippen molar-refractivity contribution in [3.8, 4) is 0 Å². The lowest BCUT2D eigenvalue weighted by Gasteiger charge is -2.32. The summed E-state index contributed by atoms with van der Waals surface area (Å²) in [5, 5.41) is 6.67. The number of nitrogens with one attached hydrogen (secondary N) is 2. The van der Waals surface area contributed by atoms with Crippen molar-refractivity contribution in [1.29, 1.82) is 0 Å². The zero-order chi connectivity index (χ0) is 22.3. The van der Waals surface area contributed by atoms with Gasteiger partial charge < -0.3 is 20.3 Å². The highest BCUT2D eigenvalue weighted by Gasteiger charge is 2.21. The van der Waals surface area contributed by atoms with Crippen LogP contribution in [0.4, 0.5) is 10.2 Å². The second kappa shape index (κ2) is 10.6. The topological polar surface area (TPSA) is 61.8 Å². The fraction of sp³-hybridized carbons (Fsp3) is 0.500. The molecule has 1 aliphatic rings. The molecule has 0 spiro atoms. The van der Waals surface area contributed by atoms with E-state index in [0.29, 0.717) is 13.1 Å². The summed E-state index contributed by atoms with van der Waals surface area (Å²) in [6.45, 7) is 12.7. The predicted molar refractivity (Wildman–Crippen MR) is 124 cm³/mol. The third-order valence-corrected chi connectivity index (χ3v) is 5.44. The number of hydrogen-bond acceptors (Lipinski definition) is 4. The number of ether oxygens (including phenoxy) is 1. The van der Waals surface area contributed by atoms with E-state index in [2.05, 4.69) is 53.4 Å². The molecular weight excluding hydrogens is 393 g/mol. The molecule has 0 amide bonds. The monoisotopic (exact) mass is 427 g/mol. The van der Waals surface area contributed by atoms with Crippen LogP contribution >= 0.6 is 0 Å². The molecular formula is C24H34FN5O. The van der Waals surface area contributed by atoms with Crippen molar-refractivity contribution in [2.45, 2.75) is 45.8 Å². The average Bonchev–Trinajstić information content (AvgIpc) is 2.76. The maximum absolute atomic E-state index is 13.6. The van der Waals surface area contributed by atoms with Gasteiger partial charge in [-0.1, -0.05) is 32.0 Å². The van der Waals surface area contributed by atoms with Crippen LogP contribution in [0.25, 0.3) is 0 Å². The largest absolute Gasteiger partial charge is 0.375 e. The molecule has 0 radical (unpaired) electrons. The molecule has 0 bridgehead atoms. The molecule has 31 heavy (non-hydrogen) atoms. The molecule has 2 N–H and O–H groups in total. The average molecular weight is 428 g/mol. The summed E-state index contributed by atoms with van der Waals surface area (Å²) >= 11 is 0. The molecule has 6 nitrogen and oxygen atoms in total. The van der Waals surface area contributed by atoms with Gasteiger partial charge in [0.15, 0.2) is 5.96 Å². The number of guanidine groups is 1. The summed E-state index contributed by atoms with van der Waals surface area (Å²) in [7, 11) is 0. The minimum Gasteiger partial charge on any atom is -0.375 e. The first-order valence-corrected chi connectivity index (χ1v) is 11.0. The van der Waals surface area contributed by atoms with Crippen molar-refractivity contribution >= 4 is 11.8 Å². The van der Waals surface area contributed by atoms with Crippen LogP contribution in [-0.2, 0) is 16.7 Å². The molecule has 1 fully saturated rings. The first kappa shape index (κ1) is 23.0. The second-order valence-electron chi connectivity index (χ2n) is 8.60. The fourth-order valence-corrected chi connectivity index (χ4v) is 3.55. The lowest BCUT2D eigenvalue weighted by atomic mass is 9.84. The van der Waals surface area contributed by atoms with Crippen molar-refractivity contribution in [1.82, 2.24) is 15.6 Å². The van der Waals surface area contributed by atoms with Crippen molar-refractivity contribution < 1.29 is 9.13 Å². The highest BCUT2D eigenvalue weighted by molar-refractivity contribution is 5.79. The quantitative estimate of drug-likeness (QED) is 0.523. The minimum atomic E-state index is -0.239. The number of benzene rings is 1. The lowest BCUT2D eigenvalue weighted by molar-refractivity contribution is 0.0529. The lowest BCUT2D eigenvalue weighted by Crippen LogP contribution is -2.43. The highest BCUT2D eigenvalue weighted by atomic mass is 19.1. The van der Waals surface area contributed by atoms with E-state index in [1.165, 1.54) is 6.07 Å². The number of pyridine rings is 1. The zero-order valence-corrected chi connectivity index (χ0v) is 19.0. The fourth-order valence-electron chi connectivity index (χ4n) is 3.55. The molecule has 1 aromatic heterocycles. The maximum atomic E-state index is 13.6. The van der Waals surface area contributed by atoms with E-state index in [1.807, 2.05) is 19.2 Å².